The van der Waals surface area contributed by atoms with E-state index in [1.807, 2.05) is 24.4 Å². The van der Waals surface area contributed by atoms with E-state index in [-0.39, 0.29) is 24.0 Å². The topological polar surface area (TPSA) is 58.5 Å². The molecule has 0 aliphatic heterocycles. The molecule has 0 atom stereocenters. The lowest BCUT2D eigenvalue weighted by atomic mass is 10.1. The van der Waals surface area contributed by atoms with Gasteiger partial charge in [0.15, 0.2) is 5.96 Å². The number of halogens is 1. The molecule has 1 aromatic heterocycles. The molecule has 0 saturated heterocycles. The number of hydrogen-bond acceptors (Lipinski definition) is 3. The maximum atomic E-state index is 5.88. The van der Waals surface area contributed by atoms with Gasteiger partial charge in [0.1, 0.15) is 5.75 Å². The van der Waals surface area contributed by atoms with Crippen LogP contribution >= 0.6 is 24.0 Å². The van der Waals surface area contributed by atoms with E-state index in [1.54, 1.807) is 0 Å². The van der Waals surface area contributed by atoms with Gasteiger partial charge in [0.05, 0.1) is 13.2 Å². The van der Waals surface area contributed by atoms with E-state index < -0.39 is 0 Å². The molecule has 0 unspecified atom stereocenters. The van der Waals surface area contributed by atoms with E-state index in [1.165, 1.54) is 5.56 Å². The summed E-state index contributed by atoms with van der Waals surface area (Å²) in [5, 5.41) is 6.66. The molecule has 148 valence electrons. The first-order valence-corrected chi connectivity index (χ1v) is 9.37. The Balaban J connectivity index is 0.00000364. The Bertz CT molecular complexity index is 692. The molecule has 6 heteroatoms. The summed E-state index contributed by atoms with van der Waals surface area (Å²) >= 11 is 0. The highest BCUT2D eigenvalue weighted by atomic mass is 127. The standard InChI is InChI=1S/C21H30N4O.HI/c1-4-14-26-20-15-17(3)9-10-18(20)16-25-21(22-5-2)24-13-11-19-8-6-7-12-23-19;/h6-10,12,15H,4-5,11,13-14,16H2,1-3H3,(H2,22,24,25);1H. The molecule has 0 radical (unpaired) electrons. The number of ether oxygens (including phenoxy) is 1. The molecule has 0 saturated carbocycles. The molecule has 2 N–H and O–H groups in total. The van der Waals surface area contributed by atoms with Gasteiger partial charge in [0.25, 0.3) is 0 Å². The van der Waals surface area contributed by atoms with Crippen molar-refractivity contribution in [2.45, 2.75) is 40.2 Å². The average molecular weight is 482 g/mol. The Morgan fingerprint density at radius 1 is 1.15 bits per heavy atom. The van der Waals surface area contributed by atoms with Gasteiger partial charge in [-0.05, 0) is 44.0 Å². The first-order chi connectivity index (χ1) is 12.7. The molecule has 1 heterocycles. The third kappa shape index (κ3) is 8.60. The van der Waals surface area contributed by atoms with Gasteiger partial charge >= 0.3 is 0 Å². The van der Waals surface area contributed by atoms with Crippen molar-refractivity contribution in [1.29, 1.82) is 0 Å². The van der Waals surface area contributed by atoms with Gasteiger partial charge < -0.3 is 15.4 Å². The minimum absolute atomic E-state index is 0. The zero-order chi connectivity index (χ0) is 18.6. The second-order valence-corrected chi connectivity index (χ2v) is 6.15. The van der Waals surface area contributed by atoms with Crippen molar-refractivity contribution in [3.63, 3.8) is 0 Å². The molecule has 5 nitrogen and oxygen atoms in total. The molecule has 0 bridgehead atoms. The SMILES string of the molecule is CCCOc1cc(C)ccc1CN=C(NCC)NCCc1ccccn1.I. The van der Waals surface area contributed by atoms with E-state index in [2.05, 4.69) is 54.6 Å². The van der Waals surface area contributed by atoms with Gasteiger partial charge in [-0.1, -0.05) is 25.1 Å². The number of guanidine groups is 1. The van der Waals surface area contributed by atoms with Crippen LogP contribution in [0.25, 0.3) is 0 Å². The summed E-state index contributed by atoms with van der Waals surface area (Å²) in [4.78, 5) is 9.05. The summed E-state index contributed by atoms with van der Waals surface area (Å²) in [6, 6.07) is 12.3. The quantitative estimate of drug-likeness (QED) is 0.321. The van der Waals surface area contributed by atoms with Crippen LogP contribution in [0.4, 0.5) is 0 Å². The van der Waals surface area contributed by atoms with Crippen LogP contribution in [0.3, 0.4) is 0 Å². The van der Waals surface area contributed by atoms with Gasteiger partial charge in [-0.2, -0.15) is 0 Å². The number of hydrogen-bond donors (Lipinski definition) is 2. The van der Waals surface area contributed by atoms with Crippen LogP contribution in [0.1, 0.15) is 37.1 Å². The fraction of sp³-hybridized carbons (Fsp3) is 0.429. The number of nitrogens with one attached hydrogen (secondary N) is 2. The monoisotopic (exact) mass is 482 g/mol. The van der Waals surface area contributed by atoms with Gasteiger partial charge in [0.2, 0.25) is 0 Å². The number of pyridine rings is 1. The predicted molar refractivity (Wildman–Crippen MR) is 123 cm³/mol. The number of benzene rings is 1. The van der Waals surface area contributed by atoms with Crippen molar-refractivity contribution < 1.29 is 4.74 Å². The predicted octanol–water partition coefficient (Wildman–Crippen LogP) is 4.09. The Morgan fingerprint density at radius 2 is 2.00 bits per heavy atom. The van der Waals surface area contributed by atoms with Crippen molar-refractivity contribution >= 4 is 29.9 Å². The van der Waals surface area contributed by atoms with Crippen LogP contribution in [-0.4, -0.2) is 30.6 Å². The van der Waals surface area contributed by atoms with Crippen molar-refractivity contribution in [3.8, 4) is 5.75 Å². The summed E-state index contributed by atoms with van der Waals surface area (Å²) < 4.78 is 5.88. The molecule has 2 rings (SSSR count). The third-order valence-electron chi connectivity index (χ3n) is 3.84. The van der Waals surface area contributed by atoms with E-state index in [0.29, 0.717) is 6.54 Å². The largest absolute Gasteiger partial charge is 0.493 e. The fourth-order valence-electron chi connectivity index (χ4n) is 2.50. The lowest BCUT2D eigenvalue weighted by Crippen LogP contribution is -2.38. The molecular formula is C21H31IN4O. The van der Waals surface area contributed by atoms with Crippen LogP contribution in [0.2, 0.25) is 0 Å². The van der Waals surface area contributed by atoms with E-state index in [0.717, 1.165) is 55.5 Å². The average Bonchev–Trinajstić information content (AvgIpc) is 2.66. The first kappa shape index (κ1) is 23.2. The highest BCUT2D eigenvalue weighted by Crippen LogP contribution is 2.21. The lowest BCUT2D eigenvalue weighted by molar-refractivity contribution is 0.314. The number of rotatable bonds is 9. The normalized spacial score (nSPS) is 10.9. The van der Waals surface area contributed by atoms with Crippen LogP contribution in [0, 0.1) is 6.92 Å². The van der Waals surface area contributed by atoms with Gasteiger partial charge in [-0.3, -0.25) is 4.98 Å². The Labute approximate surface area is 180 Å². The Morgan fingerprint density at radius 3 is 2.70 bits per heavy atom. The second kappa shape index (κ2) is 13.4. The van der Waals surface area contributed by atoms with Gasteiger partial charge in [-0.25, -0.2) is 4.99 Å². The molecular weight excluding hydrogens is 451 g/mol. The van der Waals surface area contributed by atoms with Crippen LogP contribution in [0.15, 0.2) is 47.6 Å². The lowest BCUT2D eigenvalue weighted by Gasteiger charge is -2.13. The van der Waals surface area contributed by atoms with Crippen LogP contribution < -0.4 is 15.4 Å². The maximum absolute atomic E-state index is 5.88. The Hall–Kier alpha value is -1.83. The highest BCUT2D eigenvalue weighted by Gasteiger charge is 2.05. The minimum Gasteiger partial charge on any atom is -0.493 e. The van der Waals surface area contributed by atoms with E-state index in [4.69, 9.17) is 9.73 Å². The zero-order valence-electron chi connectivity index (χ0n) is 16.5. The Kier molecular flexibility index (Phi) is 11.5. The number of aliphatic imine (C=N–C) groups is 1. The minimum atomic E-state index is 0. The molecule has 0 spiro atoms. The zero-order valence-corrected chi connectivity index (χ0v) is 18.8. The van der Waals surface area contributed by atoms with E-state index >= 15 is 0 Å². The maximum Gasteiger partial charge on any atom is 0.191 e. The van der Waals surface area contributed by atoms with Gasteiger partial charge in [0, 0.05) is 37.0 Å². The van der Waals surface area contributed by atoms with Crippen LogP contribution in [-0.2, 0) is 13.0 Å². The molecule has 27 heavy (non-hydrogen) atoms. The summed E-state index contributed by atoms with van der Waals surface area (Å²) in [5.41, 5.74) is 3.37. The highest BCUT2D eigenvalue weighted by molar-refractivity contribution is 14.0. The van der Waals surface area contributed by atoms with Crippen molar-refractivity contribution in [2.75, 3.05) is 19.7 Å². The number of aromatic nitrogens is 1. The summed E-state index contributed by atoms with van der Waals surface area (Å²) in [7, 11) is 0. The van der Waals surface area contributed by atoms with Crippen molar-refractivity contribution in [3.05, 3.63) is 59.4 Å². The third-order valence-corrected chi connectivity index (χ3v) is 3.84. The summed E-state index contributed by atoms with van der Waals surface area (Å²) in [6.45, 7) is 9.17. The molecule has 2 aromatic rings. The summed E-state index contributed by atoms with van der Waals surface area (Å²) in [5.74, 6) is 1.74. The number of nitrogens with zero attached hydrogens (tertiary/aromatic N) is 2. The number of aryl methyl sites for hydroxylation is 1. The summed E-state index contributed by atoms with van der Waals surface area (Å²) in [6.07, 6.45) is 3.68. The smallest absolute Gasteiger partial charge is 0.191 e. The van der Waals surface area contributed by atoms with Gasteiger partial charge in [-0.15, -0.1) is 24.0 Å². The molecule has 1 aromatic carbocycles. The van der Waals surface area contributed by atoms with E-state index in [9.17, 15) is 0 Å². The second-order valence-electron chi connectivity index (χ2n) is 6.15. The molecule has 0 fully saturated rings. The molecule has 0 aliphatic carbocycles. The molecule has 0 amide bonds. The molecule has 0 aliphatic rings. The van der Waals surface area contributed by atoms with Crippen molar-refractivity contribution in [2.24, 2.45) is 4.99 Å². The van der Waals surface area contributed by atoms with Crippen LogP contribution in [0.5, 0.6) is 5.75 Å². The fourth-order valence-corrected chi connectivity index (χ4v) is 2.50. The first-order valence-electron chi connectivity index (χ1n) is 9.37. The van der Waals surface area contributed by atoms with Crippen molar-refractivity contribution in [1.82, 2.24) is 15.6 Å².